The molecule has 0 aromatic heterocycles. The van der Waals surface area contributed by atoms with E-state index in [1.54, 1.807) is 13.8 Å². The summed E-state index contributed by atoms with van der Waals surface area (Å²) in [6.45, 7) is 6.45. The van der Waals surface area contributed by atoms with Gasteiger partial charge in [-0.1, -0.05) is 6.58 Å². The Morgan fingerprint density at radius 3 is 2.31 bits per heavy atom. The summed E-state index contributed by atoms with van der Waals surface area (Å²) in [5, 5.41) is 22.5. The van der Waals surface area contributed by atoms with E-state index in [0.717, 1.165) is 0 Å². The number of nitrogens with one attached hydrogen (secondary N) is 2. The second-order valence-electron chi connectivity index (χ2n) is 3.00. The maximum atomic E-state index is 11.0. The average molecular weight is 188 g/mol. The molecular formula is C8H16N2O3. The fourth-order valence-electron chi connectivity index (χ4n) is 0.696. The lowest BCUT2D eigenvalue weighted by atomic mass is 10.3. The van der Waals surface area contributed by atoms with Gasteiger partial charge in [-0.05, 0) is 13.8 Å². The summed E-state index contributed by atoms with van der Waals surface area (Å²) in [6.07, 6.45) is 0. The lowest BCUT2D eigenvalue weighted by Gasteiger charge is -2.16. The molecule has 0 aliphatic carbocycles. The molecule has 4 N–H and O–H groups in total. The predicted molar refractivity (Wildman–Crippen MR) is 49.4 cm³/mol. The molecule has 0 aromatic rings. The van der Waals surface area contributed by atoms with Crippen molar-refractivity contribution in [2.75, 3.05) is 6.61 Å². The number of hydrogen-bond donors (Lipinski definition) is 4. The van der Waals surface area contributed by atoms with Gasteiger partial charge in [-0.3, -0.25) is 0 Å². The summed E-state index contributed by atoms with van der Waals surface area (Å²) in [5.74, 6) is -0.263. The Morgan fingerprint density at radius 1 is 1.46 bits per heavy atom. The van der Waals surface area contributed by atoms with Crippen LogP contribution in [0.5, 0.6) is 0 Å². The van der Waals surface area contributed by atoms with Gasteiger partial charge in [0.15, 0.2) is 0 Å². The summed E-state index contributed by atoms with van der Waals surface area (Å²) in [4.78, 5) is 11.0. The Bertz CT molecular complexity index is 192. The molecule has 2 amide bonds. The molecule has 0 bridgehead atoms. The normalized spacial score (nSPS) is 12.3. The van der Waals surface area contributed by atoms with E-state index >= 15 is 0 Å². The molecule has 0 aliphatic rings. The first-order valence-corrected chi connectivity index (χ1v) is 4.03. The fraction of sp³-hybridized carbons (Fsp3) is 0.625. The van der Waals surface area contributed by atoms with E-state index in [0.29, 0.717) is 0 Å². The third-order valence-corrected chi connectivity index (χ3v) is 1.31. The van der Waals surface area contributed by atoms with Crippen LogP contribution in [0.1, 0.15) is 13.8 Å². The van der Waals surface area contributed by atoms with Gasteiger partial charge >= 0.3 is 6.03 Å². The van der Waals surface area contributed by atoms with E-state index in [9.17, 15) is 4.79 Å². The summed E-state index contributed by atoms with van der Waals surface area (Å²) in [7, 11) is 0. The minimum absolute atomic E-state index is 0.00583. The number of amides is 2. The predicted octanol–water partition coefficient (Wildman–Crippen LogP) is 0.127. The molecule has 5 heteroatoms. The van der Waals surface area contributed by atoms with Crippen molar-refractivity contribution in [2.45, 2.75) is 25.9 Å². The molecule has 76 valence electrons. The second-order valence-corrected chi connectivity index (χ2v) is 3.00. The quantitative estimate of drug-likeness (QED) is 0.473. The molecule has 1 atom stereocenters. The van der Waals surface area contributed by atoms with Gasteiger partial charge in [-0.25, -0.2) is 4.79 Å². The molecule has 0 heterocycles. The summed E-state index contributed by atoms with van der Waals surface area (Å²) in [5.41, 5.74) is 0. The number of hydrogen-bond acceptors (Lipinski definition) is 3. The molecule has 0 aromatic carbocycles. The Kier molecular flexibility index (Phi) is 4.91. The van der Waals surface area contributed by atoms with Crippen LogP contribution in [-0.4, -0.2) is 34.9 Å². The van der Waals surface area contributed by atoms with Gasteiger partial charge in [0.25, 0.3) is 0 Å². The van der Waals surface area contributed by atoms with E-state index in [1.165, 1.54) is 0 Å². The van der Waals surface area contributed by atoms with Crippen LogP contribution < -0.4 is 10.6 Å². The topological polar surface area (TPSA) is 81.6 Å². The van der Waals surface area contributed by atoms with Gasteiger partial charge in [0.05, 0.1) is 6.61 Å². The summed E-state index contributed by atoms with van der Waals surface area (Å²) in [6, 6.07) is -1.24. The van der Waals surface area contributed by atoms with Crippen molar-refractivity contribution in [1.82, 2.24) is 10.6 Å². The first-order valence-electron chi connectivity index (χ1n) is 4.03. The SMILES string of the molecule is C=C(O)[C@H](CO)NC(=O)NC(C)C. The Hall–Kier alpha value is -1.23. The smallest absolute Gasteiger partial charge is 0.315 e. The lowest BCUT2D eigenvalue weighted by Crippen LogP contribution is -2.46. The first-order chi connectivity index (χ1) is 5.97. The third kappa shape index (κ3) is 5.08. The Balaban J connectivity index is 3.94. The van der Waals surface area contributed by atoms with Crippen molar-refractivity contribution in [3.05, 3.63) is 12.3 Å². The maximum Gasteiger partial charge on any atom is 0.315 e. The molecule has 0 saturated carbocycles. The highest BCUT2D eigenvalue weighted by atomic mass is 16.3. The van der Waals surface area contributed by atoms with Crippen molar-refractivity contribution < 1.29 is 15.0 Å². The highest BCUT2D eigenvalue weighted by Gasteiger charge is 2.13. The number of aliphatic hydroxyl groups excluding tert-OH is 2. The molecule has 0 aliphatic heterocycles. The van der Waals surface area contributed by atoms with Crippen LogP contribution in [0.4, 0.5) is 4.79 Å². The third-order valence-electron chi connectivity index (χ3n) is 1.31. The van der Waals surface area contributed by atoms with Gasteiger partial charge in [-0.15, -0.1) is 0 Å². The highest BCUT2D eigenvalue weighted by molar-refractivity contribution is 5.74. The molecule has 0 spiro atoms. The maximum absolute atomic E-state index is 11.0. The van der Waals surface area contributed by atoms with E-state index < -0.39 is 12.1 Å². The number of carbonyl (C=O) groups is 1. The first kappa shape index (κ1) is 11.8. The van der Waals surface area contributed by atoms with Gasteiger partial charge in [-0.2, -0.15) is 0 Å². The molecule has 0 saturated heterocycles. The zero-order valence-electron chi connectivity index (χ0n) is 7.87. The second kappa shape index (κ2) is 5.42. The zero-order valence-corrected chi connectivity index (χ0v) is 7.87. The van der Waals surface area contributed by atoms with E-state index in [1.807, 2.05) is 0 Å². The minimum Gasteiger partial charge on any atom is -0.511 e. The standard InChI is InChI=1S/C8H16N2O3/c1-5(2)9-8(13)10-7(4-11)6(3)12/h5,7,11-12H,3-4H2,1-2H3,(H2,9,10,13)/t7-/m0/s1. The molecule has 0 fully saturated rings. The Morgan fingerprint density at radius 2 is 2.00 bits per heavy atom. The van der Waals surface area contributed by atoms with E-state index in [-0.39, 0.29) is 18.4 Å². The van der Waals surface area contributed by atoms with Crippen LogP contribution >= 0.6 is 0 Å². The van der Waals surface area contributed by atoms with Crippen LogP contribution in [0, 0.1) is 0 Å². The highest BCUT2D eigenvalue weighted by Crippen LogP contribution is 1.92. The Labute approximate surface area is 77.5 Å². The van der Waals surface area contributed by atoms with Gasteiger partial charge in [0, 0.05) is 6.04 Å². The number of carbonyl (C=O) groups excluding carboxylic acids is 1. The molecular weight excluding hydrogens is 172 g/mol. The van der Waals surface area contributed by atoms with Crippen molar-refractivity contribution >= 4 is 6.03 Å². The average Bonchev–Trinajstić information content (AvgIpc) is 1.98. The number of rotatable bonds is 4. The summed E-state index contributed by atoms with van der Waals surface area (Å²) < 4.78 is 0. The largest absolute Gasteiger partial charge is 0.511 e. The summed E-state index contributed by atoms with van der Waals surface area (Å²) >= 11 is 0. The van der Waals surface area contributed by atoms with Crippen molar-refractivity contribution in [2.24, 2.45) is 0 Å². The molecule has 0 rings (SSSR count). The van der Waals surface area contributed by atoms with Gasteiger partial charge in [0.1, 0.15) is 11.8 Å². The molecule has 5 nitrogen and oxygen atoms in total. The van der Waals surface area contributed by atoms with E-state index in [4.69, 9.17) is 10.2 Å². The monoisotopic (exact) mass is 188 g/mol. The van der Waals surface area contributed by atoms with Crippen LogP contribution in [0.15, 0.2) is 12.3 Å². The number of urea groups is 1. The van der Waals surface area contributed by atoms with Gasteiger partial charge < -0.3 is 20.8 Å². The van der Waals surface area contributed by atoms with Crippen molar-refractivity contribution in [3.8, 4) is 0 Å². The van der Waals surface area contributed by atoms with Crippen LogP contribution in [-0.2, 0) is 0 Å². The van der Waals surface area contributed by atoms with Crippen LogP contribution in [0.3, 0.4) is 0 Å². The van der Waals surface area contributed by atoms with Crippen molar-refractivity contribution in [3.63, 3.8) is 0 Å². The minimum atomic E-state index is -0.807. The zero-order chi connectivity index (χ0) is 10.4. The molecule has 0 unspecified atom stereocenters. The molecule has 0 radical (unpaired) electrons. The van der Waals surface area contributed by atoms with E-state index in [2.05, 4.69) is 17.2 Å². The van der Waals surface area contributed by atoms with Crippen LogP contribution in [0.2, 0.25) is 0 Å². The van der Waals surface area contributed by atoms with Crippen molar-refractivity contribution in [1.29, 1.82) is 0 Å². The lowest BCUT2D eigenvalue weighted by molar-refractivity contribution is 0.204. The number of aliphatic hydroxyl groups is 2. The van der Waals surface area contributed by atoms with Crippen LogP contribution in [0.25, 0.3) is 0 Å². The molecule has 13 heavy (non-hydrogen) atoms. The fourth-order valence-corrected chi connectivity index (χ4v) is 0.696. The van der Waals surface area contributed by atoms with Gasteiger partial charge in [0.2, 0.25) is 0 Å².